The van der Waals surface area contributed by atoms with Crippen molar-refractivity contribution in [2.75, 3.05) is 4.90 Å². The number of anilines is 1. The zero-order valence-corrected chi connectivity index (χ0v) is 11.6. The molecule has 1 aliphatic rings. The van der Waals surface area contributed by atoms with E-state index in [2.05, 4.69) is 57.7 Å². The molecule has 1 aromatic carbocycles. The fraction of sp³-hybridized carbons (Fsp3) is 0.467. The summed E-state index contributed by atoms with van der Waals surface area (Å²) in [5.74, 6) is 1.01. The molecule has 0 bridgehead atoms. The first-order valence-corrected chi connectivity index (χ1v) is 6.07. The smallest absolute Gasteiger partial charge is 0.181 e. The molecule has 17 heavy (non-hydrogen) atoms. The number of aryl methyl sites for hydroxylation is 2. The largest absolute Gasteiger partial charge is 0.471 e. The van der Waals surface area contributed by atoms with Crippen molar-refractivity contribution in [3.8, 4) is 0 Å². The van der Waals surface area contributed by atoms with Crippen LogP contribution in [0.15, 0.2) is 29.7 Å². The molecule has 0 spiro atoms. The Morgan fingerprint density at radius 3 is 1.94 bits per heavy atom. The molecule has 2 nitrogen and oxygen atoms in total. The second-order valence-corrected chi connectivity index (χ2v) is 5.27. The Kier molecular flexibility index (Phi) is 2.69. The molecule has 0 amide bonds. The summed E-state index contributed by atoms with van der Waals surface area (Å²) in [4.78, 5) is 2.30. The van der Waals surface area contributed by atoms with Crippen molar-refractivity contribution in [2.24, 2.45) is 0 Å². The number of hydrogen-bond acceptors (Lipinski definition) is 2. The fourth-order valence-corrected chi connectivity index (χ4v) is 2.65. The molecule has 0 unspecified atom stereocenters. The Morgan fingerprint density at radius 1 is 1.00 bits per heavy atom. The molecule has 0 aromatic heterocycles. The van der Waals surface area contributed by atoms with E-state index in [1.54, 1.807) is 0 Å². The third-order valence-corrected chi connectivity index (χ3v) is 3.45. The number of nitrogens with zero attached hydrogens (tertiary/aromatic N) is 1. The van der Waals surface area contributed by atoms with E-state index in [0.717, 1.165) is 5.76 Å². The molecule has 0 fully saturated rings. The van der Waals surface area contributed by atoms with Crippen LogP contribution >= 0.6 is 0 Å². The molecule has 0 atom stereocenters. The van der Waals surface area contributed by atoms with Crippen LogP contribution < -0.4 is 4.90 Å². The van der Waals surface area contributed by atoms with Gasteiger partial charge in [-0.3, -0.25) is 0 Å². The molecule has 0 aliphatic carbocycles. The SMILES string of the molecule is CC1=C(C)N(c2c(C)cccc2C)C(C)(C)O1. The summed E-state index contributed by atoms with van der Waals surface area (Å²) in [6, 6.07) is 6.41. The Balaban J connectivity index is 2.60. The summed E-state index contributed by atoms with van der Waals surface area (Å²) in [6.07, 6.45) is 0. The number of benzene rings is 1. The average Bonchev–Trinajstić information content (AvgIpc) is 2.39. The van der Waals surface area contributed by atoms with Crippen LogP contribution in [0, 0.1) is 13.8 Å². The highest BCUT2D eigenvalue weighted by molar-refractivity contribution is 5.64. The Morgan fingerprint density at radius 2 is 1.53 bits per heavy atom. The van der Waals surface area contributed by atoms with Gasteiger partial charge in [-0.2, -0.15) is 0 Å². The first kappa shape index (κ1) is 12.0. The van der Waals surface area contributed by atoms with Gasteiger partial charge < -0.3 is 9.64 Å². The first-order valence-electron chi connectivity index (χ1n) is 6.07. The zero-order chi connectivity index (χ0) is 12.8. The lowest BCUT2D eigenvalue weighted by atomic mass is 10.1. The minimum absolute atomic E-state index is 0.301. The van der Waals surface area contributed by atoms with Gasteiger partial charge in [-0.25, -0.2) is 0 Å². The summed E-state index contributed by atoms with van der Waals surface area (Å²) in [5.41, 5.74) is 4.75. The van der Waals surface area contributed by atoms with Gasteiger partial charge in [-0.1, -0.05) is 18.2 Å². The van der Waals surface area contributed by atoms with Crippen molar-refractivity contribution >= 4 is 5.69 Å². The monoisotopic (exact) mass is 231 g/mol. The molecule has 0 N–H and O–H groups in total. The van der Waals surface area contributed by atoms with Gasteiger partial charge in [-0.05, 0) is 52.7 Å². The van der Waals surface area contributed by atoms with Gasteiger partial charge >= 0.3 is 0 Å². The van der Waals surface area contributed by atoms with Gasteiger partial charge in [0.2, 0.25) is 0 Å². The number of ether oxygens (including phenoxy) is 1. The van der Waals surface area contributed by atoms with E-state index in [-0.39, 0.29) is 5.72 Å². The quantitative estimate of drug-likeness (QED) is 0.720. The second-order valence-electron chi connectivity index (χ2n) is 5.27. The highest BCUT2D eigenvalue weighted by atomic mass is 16.5. The number of hydrogen-bond donors (Lipinski definition) is 0. The van der Waals surface area contributed by atoms with Crippen LogP contribution in [0.5, 0.6) is 0 Å². The third kappa shape index (κ3) is 1.82. The first-order chi connectivity index (χ1) is 7.84. The number of allylic oxidation sites excluding steroid dienone is 2. The second kappa shape index (κ2) is 3.80. The van der Waals surface area contributed by atoms with Crippen molar-refractivity contribution < 1.29 is 4.74 Å². The molecular formula is C15H21NO. The highest BCUT2D eigenvalue weighted by Crippen LogP contribution is 2.40. The molecule has 2 rings (SSSR count). The van der Waals surface area contributed by atoms with Crippen LogP contribution in [0.25, 0.3) is 0 Å². The molecule has 2 heteroatoms. The van der Waals surface area contributed by atoms with Gasteiger partial charge in [0.15, 0.2) is 5.72 Å². The molecule has 1 heterocycles. The van der Waals surface area contributed by atoms with Crippen molar-refractivity contribution in [3.05, 3.63) is 40.8 Å². The minimum Gasteiger partial charge on any atom is -0.471 e. The number of rotatable bonds is 1. The Bertz CT molecular complexity index is 465. The Labute approximate surface area is 104 Å². The molecule has 0 saturated heterocycles. The summed E-state index contributed by atoms with van der Waals surface area (Å²) >= 11 is 0. The zero-order valence-electron chi connectivity index (χ0n) is 11.6. The van der Waals surface area contributed by atoms with Crippen molar-refractivity contribution in [3.63, 3.8) is 0 Å². The van der Waals surface area contributed by atoms with Gasteiger partial charge in [0.25, 0.3) is 0 Å². The van der Waals surface area contributed by atoms with Crippen LogP contribution in [0.4, 0.5) is 5.69 Å². The molecule has 1 aliphatic heterocycles. The lowest BCUT2D eigenvalue weighted by molar-refractivity contribution is 0.0640. The predicted octanol–water partition coefficient (Wildman–Crippen LogP) is 4.13. The predicted molar refractivity (Wildman–Crippen MR) is 71.9 cm³/mol. The van der Waals surface area contributed by atoms with E-state index >= 15 is 0 Å². The third-order valence-electron chi connectivity index (χ3n) is 3.45. The molecule has 92 valence electrons. The van der Waals surface area contributed by atoms with Crippen LogP contribution in [0.2, 0.25) is 0 Å². The molecule has 0 saturated carbocycles. The normalized spacial score (nSPS) is 18.6. The maximum absolute atomic E-state index is 5.94. The summed E-state index contributed by atoms with van der Waals surface area (Å²) in [5, 5.41) is 0. The minimum atomic E-state index is -0.301. The van der Waals surface area contributed by atoms with Gasteiger partial charge in [0, 0.05) is 0 Å². The van der Waals surface area contributed by atoms with Crippen molar-refractivity contribution in [1.82, 2.24) is 0 Å². The maximum Gasteiger partial charge on any atom is 0.181 e. The number of para-hydroxylation sites is 1. The summed E-state index contributed by atoms with van der Waals surface area (Å²) < 4.78 is 5.94. The lowest BCUT2D eigenvalue weighted by Gasteiger charge is -2.35. The van der Waals surface area contributed by atoms with E-state index in [9.17, 15) is 0 Å². The van der Waals surface area contributed by atoms with Crippen LogP contribution in [0.1, 0.15) is 38.8 Å². The Hall–Kier alpha value is -1.44. The van der Waals surface area contributed by atoms with Gasteiger partial charge in [0.05, 0.1) is 11.4 Å². The lowest BCUT2D eigenvalue weighted by Crippen LogP contribution is -2.40. The molecule has 0 radical (unpaired) electrons. The van der Waals surface area contributed by atoms with E-state index in [1.807, 2.05) is 6.92 Å². The van der Waals surface area contributed by atoms with Crippen molar-refractivity contribution in [1.29, 1.82) is 0 Å². The fourth-order valence-electron chi connectivity index (χ4n) is 2.65. The average molecular weight is 231 g/mol. The van der Waals surface area contributed by atoms with Crippen LogP contribution in [-0.2, 0) is 4.74 Å². The van der Waals surface area contributed by atoms with E-state index in [0.29, 0.717) is 0 Å². The van der Waals surface area contributed by atoms with Crippen LogP contribution in [0.3, 0.4) is 0 Å². The summed E-state index contributed by atoms with van der Waals surface area (Å²) in [6.45, 7) is 12.7. The van der Waals surface area contributed by atoms with Crippen LogP contribution in [-0.4, -0.2) is 5.72 Å². The van der Waals surface area contributed by atoms with E-state index in [4.69, 9.17) is 4.74 Å². The van der Waals surface area contributed by atoms with Gasteiger partial charge in [0.1, 0.15) is 5.76 Å². The van der Waals surface area contributed by atoms with E-state index < -0.39 is 0 Å². The maximum atomic E-state index is 5.94. The van der Waals surface area contributed by atoms with E-state index in [1.165, 1.54) is 22.5 Å². The summed E-state index contributed by atoms with van der Waals surface area (Å²) in [7, 11) is 0. The highest BCUT2D eigenvalue weighted by Gasteiger charge is 2.38. The molecular weight excluding hydrogens is 210 g/mol. The van der Waals surface area contributed by atoms with Crippen molar-refractivity contribution in [2.45, 2.75) is 47.3 Å². The molecule has 1 aromatic rings. The standard InChI is InChI=1S/C15H21NO/c1-10-8-7-9-11(2)14(10)16-12(3)13(4)17-15(16,5)6/h7-9H,1-6H3. The topological polar surface area (TPSA) is 12.5 Å². The van der Waals surface area contributed by atoms with Gasteiger partial charge in [-0.15, -0.1) is 0 Å².